The van der Waals surface area contributed by atoms with Gasteiger partial charge in [0, 0.05) is 30.3 Å². The summed E-state index contributed by atoms with van der Waals surface area (Å²) in [6.45, 7) is 5.84. The van der Waals surface area contributed by atoms with E-state index in [1.54, 1.807) is 18.2 Å². The number of amides is 2. The fourth-order valence-corrected chi connectivity index (χ4v) is 4.74. The van der Waals surface area contributed by atoms with Crippen LogP contribution in [0.15, 0.2) is 78.9 Å². The number of nitrogens with one attached hydrogen (secondary N) is 1. The molecule has 0 spiro atoms. The van der Waals surface area contributed by atoms with Crippen LogP contribution in [-0.4, -0.2) is 34.6 Å². The number of hydrogen-bond donors (Lipinski definition) is 1. The predicted octanol–water partition coefficient (Wildman–Crippen LogP) is 5.53. The molecule has 4 nitrogen and oxygen atoms in total. The number of carbonyl (C=O) groups excluding carboxylic acids is 2. The van der Waals surface area contributed by atoms with Crippen LogP contribution in [0.25, 0.3) is 0 Å². The van der Waals surface area contributed by atoms with Crippen molar-refractivity contribution < 1.29 is 14.0 Å². The van der Waals surface area contributed by atoms with E-state index in [1.165, 1.54) is 28.3 Å². The molecule has 35 heavy (non-hydrogen) atoms. The summed E-state index contributed by atoms with van der Waals surface area (Å²) in [6, 6.07) is 23.4. The third kappa shape index (κ3) is 8.25. The summed E-state index contributed by atoms with van der Waals surface area (Å²) >= 11 is 1.50. The Balaban J connectivity index is 1.85. The summed E-state index contributed by atoms with van der Waals surface area (Å²) in [6.07, 6.45) is 0.349. The Morgan fingerprint density at radius 3 is 2.31 bits per heavy atom. The lowest BCUT2D eigenvalue weighted by atomic mass is 10.0. The number of hydrogen-bond acceptors (Lipinski definition) is 3. The molecule has 6 heteroatoms. The highest BCUT2D eigenvalue weighted by molar-refractivity contribution is 7.99. The molecule has 0 aliphatic carbocycles. The quantitative estimate of drug-likeness (QED) is 0.383. The van der Waals surface area contributed by atoms with E-state index in [2.05, 4.69) is 11.4 Å². The number of halogens is 1. The van der Waals surface area contributed by atoms with E-state index in [0.717, 1.165) is 11.1 Å². The number of carbonyl (C=O) groups is 2. The van der Waals surface area contributed by atoms with Crippen molar-refractivity contribution in [2.24, 2.45) is 0 Å². The Morgan fingerprint density at radius 1 is 0.943 bits per heavy atom. The third-order valence-corrected chi connectivity index (χ3v) is 6.57. The van der Waals surface area contributed by atoms with Gasteiger partial charge in [0.25, 0.3) is 0 Å². The Bertz CT molecular complexity index is 1120. The Morgan fingerprint density at radius 2 is 1.63 bits per heavy atom. The number of rotatable bonds is 11. The molecule has 0 aliphatic rings. The zero-order valence-electron chi connectivity index (χ0n) is 20.5. The van der Waals surface area contributed by atoms with Gasteiger partial charge in [0.15, 0.2) is 0 Å². The van der Waals surface area contributed by atoms with Crippen LogP contribution in [0, 0.1) is 12.7 Å². The fraction of sp³-hybridized carbons (Fsp3) is 0.310. The molecule has 0 unspecified atom stereocenters. The minimum Gasteiger partial charge on any atom is -0.352 e. The van der Waals surface area contributed by atoms with Gasteiger partial charge in [-0.25, -0.2) is 4.39 Å². The molecule has 0 heterocycles. The van der Waals surface area contributed by atoms with Crippen LogP contribution in [0.2, 0.25) is 0 Å². The maximum atomic E-state index is 14.6. The molecule has 0 aromatic heterocycles. The minimum atomic E-state index is -0.758. The van der Waals surface area contributed by atoms with Crippen molar-refractivity contribution in [1.82, 2.24) is 10.2 Å². The molecule has 2 amide bonds. The second-order valence-corrected chi connectivity index (χ2v) is 9.95. The average molecular weight is 493 g/mol. The van der Waals surface area contributed by atoms with Crippen molar-refractivity contribution in [1.29, 1.82) is 0 Å². The first-order chi connectivity index (χ1) is 16.8. The van der Waals surface area contributed by atoms with Crippen LogP contribution in [-0.2, 0) is 28.3 Å². The molecule has 184 valence electrons. The maximum Gasteiger partial charge on any atom is 0.243 e. The summed E-state index contributed by atoms with van der Waals surface area (Å²) in [4.78, 5) is 28.4. The molecule has 3 aromatic carbocycles. The molecule has 1 atom stereocenters. The van der Waals surface area contributed by atoms with Crippen LogP contribution < -0.4 is 5.32 Å². The van der Waals surface area contributed by atoms with Gasteiger partial charge in [-0.3, -0.25) is 9.59 Å². The number of aryl methyl sites for hydroxylation is 1. The molecule has 1 N–H and O–H groups in total. The van der Waals surface area contributed by atoms with Gasteiger partial charge < -0.3 is 10.2 Å². The van der Waals surface area contributed by atoms with Crippen molar-refractivity contribution >= 4 is 23.6 Å². The Labute approximate surface area is 211 Å². The van der Waals surface area contributed by atoms with Gasteiger partial charge in [-0.1, -0.05) is 78.4 Å². The van der Waals surface area contributed by atoms with Crippen molar-refractivity contribution in [3.8, 4) is 0 Å². The van der Waals surface area contributed by atoms with E-state index in [4.69, 9.17) is 0 Å². The summed E-state index contributed by atoms with van der Waals surface area (Å²) in [5.74, 6) is 0.0638. The average Bonchev–Trinajstić information content (AvgIpc) is 2.82. The lowest BCUT2D eigenvalue weighted by molar-refractivity contribution is -0.139. The van der Waals surface area contributed by atoms with Crippen molar-refractivity contribution in [3.63, 3.8) is 0 Å². The van der Waals surface area contributed by atoms with Crippen LogP contribution in [0.5, 0.6) is 0 Å². The smallest absolute Gasteiger partial charge is 0.243 e. The maximum absolute atomic E-state index is 14.6. The number of nitrogens with zero attached hydrogens (tertiary/aromatic N) is 1. The molecular formula is C29H33FN2O2S. The fourth-order valence-electron chi connectivity index (χ4n) is 3.89. The molecule has 0 bridgehead atoms. The Kier molecular flexibility index (Phi) is 9.91. The number of thioether (sulfide) groups is 1. The van der Waals surface area contributed by atoms with E-state index < -0.39 is 6.04 Å². The van der Waals surface area contributed by atoms with Gasteiger partial charge in [-0.2, -0.15) is 0 Å². The zero-order chi connectivity index (χ0) is 25.2. The van der Waals surface area contributed by atoms with Crippen LogP contribution in [0.1, 0.15) is 36.1 Å². The van der Waals surface area contributed by atoms with Gasteiger partial charge >= 0.3 is 0 Å². The first kappa shape index (κ1) is 26.5. The van der Waals surface area contributed by atoms with Crippen molar-refractivity contribution in [2.45, 2.75) is 51.6 Å². The highest BCUT2D eigenvalue weighted by Crippen LogP contribution is 2.20. The molecular weight excluding hydrogens is 459 g/mol. The Hall–Kier alpha value is -3.12. The van der Waals surface area contributed by atoms with E-state index in [1.807, 2.05) is 69.3 Å². The van der Waals surface area contributed by atoms with E-state index in [0.29, 0.717) is 17.7 Å². The van der Waals surface area contributed by atoms with Gasteiger partial charge in [0.2, 0.25) is 11.8 Å². The monoisotopic (exact) mass is 492 g/mol. The molecule has 0 fully saturated rings. The third-order valence-electron chi connectivity index (χ3n) is 5.58. The second-order valence-electron chi connectivity index (χ2n) is 8.96. The highest BCUT2D eigenvalue weighted by Gasteiger charge is 2.31. The zero-order valence-corrected chi connectivity index (χ0v) is 21.4. The molecule has 3 aromatic rings. The normalized spacial score (nSPS) is 11.8. The molecule has 3 rings (SSSR count). The predicted molar refractivity (Wildman–Crippen MR) is 142 cm³/mol. The minimum absolute atomic E-state index is 0.0273. The molecule has 0 saturated heterocycles. The first-order valence-electron chi connectivity index (χ1n) is 11.8. The van der Waals surface area contributed by atoms with Crippen LogP contribution in [0.4, 0.5) is 4.39 Å². The van der Waals surface area contributed by atoms with E-state index in [9.17, 15) is 14.0 Å². The standard InChI is InChI=1S/C29H33FN2O2S/c1-21(2)31-29(34)27(17-23-11-5-4-6-12-23)32(18-25-14-7-8-15-26(25)30)28(33)20-35-19-24-13-9-10-22(3)16-24/h4-16,21,27H,17-20H2,1-3H3,(H,31,34)/t27-/m0/s1. The molecule has 0 saturated carbocycles. The summed E-state index contributed by atoms with van der Waals surface area (Å²) in [5, 5.41) is 2.95. The van der Waals surface area contributed by atoms with E-state index >= 15 is 0 Å². The van der Waals surface area contributed by atoms with Crippen LogP contribution >= 0.6 is 11.8 Å². The summed E-state index contributed by atoms with van der Waals surface area (Å²) in [5.41, 5.74) is 3.64. The topological polar surface area (TPSA) is 49.4 Å². The largest absolute Gasteiger partial charge is 0.352 e. The van der Waals surface area contributed by atoms with Gasteiger partial charge in [-0.15, -0.1) is 11.8 Å². The van der Waals surface area contributed by atoms with Crippen molar-refractivity contribution in [3.05, 3.63) is 107 Å². The van der Waals surface area contributed by atoms with Gasteiger partial charge in [0.05, 0.1) is 5.75 Å². The van der Waals surface area contributed by atoms with Gasteiger partial charge in [-0.05, 0) is 38.0 Å². The lowest BCUT2D eigenvalue weighted by Crippen LogP contribution is -2.52. The second kappa shape index (κ2) is 13.1. The SMILES string of the molecule is Cc1cccc(CSCC(=O)N(Cc2ccccc2F)[C@@H](Cc2ccccc2)C(=O)NC(C)C)c1. The first-order valence-corrected chi connectivity index (χ1v) is 13.0. The summed E-state index contributed by atoms with van der Waals surface area (Å²) < 4.78 is 14.6. The van der Waals surface area contributed by atoms with Crippen LogP contribution in [0.3, 0.4) is 0 Å². The highest BCUT2D eigenvalue weighted by atomic mass is 32.2. The lowest BCUT2D eigenvalue weighted by Gasteiger charge is -2.32. The molecule has 0 aliphatic heterocycles. The number of benzene rings is 3. The van der Waals surface area contributed by atoms with E-state index in [-0.39, 0.29) is 36.0 Å². The van der Waals surface area contributed by atoms with Crippen molar-refractivity contribution in [2.75, 3.05) is 5.75 Å². The molecule has 0 radical (unpaired) electrons. The summed E-state index contributed by atoms with van der Waals surface area (Å²) in [7, 11) is 0. The van der Waals surface area contributed by atoms with Gasteiger partial charge in [0.1, 0.15) is 11.9 Å².